The van der Waals surface area contributed by atoms with Gasteiger partial charge in [-0.2, -0.15) is 0 Å². The Morgan fingerprint density at radius 1 is 1.50 bits per heavy atom. The molecule has 0 fully saturated rings. The molecule has 14 heavy (non-hydrogen) atoms. The molecule has 1 atom stereocenters. The van der Waals surface area contributed by atoms with E-state index in [-0.39, 0.29) is 10.5 Å². The summed E-state index contributed by atoms with van der Waals surface area (Å²) in [4.78, 5) is 10.8. The van der Waals surface area contributed by atoms with Crippen LogP contribution in [-0.2, 0) is 11.1 Å². The number of aromatic carboxylic acids is 1. The van der Waals surface area contributed by atoms with Gasteiger partial charge in [0, 0.05) is 4.47 Å². The maximum absolute atomic E-state index is 10.7. The van der Waals surface area contributed by atoms with Gasteiger partial charge < -0.3 is 9.66 Å². The molecule has 0 aromatic heterocycles. The molecule has 0 aliphatic carbocycles. The van der Waals surface area contributed by atoms with Crippen molar-refractivity contribution >= 4 is 33.0 Å². The second-order valence-electron chi connectivity index (χ2n) is 2.63. The molecule has 76 valence electrons. The number of carboxylic acids is 1. The average molecular weight is 279 g/mol. The fraction of sp³-hybridized carbons (Fsp3) is 0.125. The summed E-state index contributed by atoms with van der Waals surface area (Å²) in [5.41, 5.74) is 0.559. The van der Waals surface area contributed by atoms with Crippen LogP contribution in [0.5, 0.6) is 0 Å². The van der Waals surface area contributed by atoms with E-state index in [1.165, 1.54) is 12.1 Å². The lowest BCUT2D eigenvalue weighted by Crippen LogP contribution is -2.02. The average Bonchev–Trinajstić information content (AvgIpc) is 2.08. The predicted octanol–water partition coefficient (Wildman–Crippen LogP) is 2.04. The highest BCUT2D eigenvalue weighted by atomic mass is 79.9. The first kappa shape index (κ1) is 11.4. The Kier molecular flexibility index (Phi) is 3.41. The molecule has 0 bridgehead atoms. The Morgan fingerprint density at radius 3 is 2.50 bits per heavy atom. The van der Waals surface area contributed by atoms with Crippen molar-refractivity contribution in [2.75, 3.05) is 0 Å². The van der Waals surface area contributed by atoms with Gasteiger partial charge in [0.25, 0.3) is 0 Å². The van der Waals surface area contributed by atoms with Crippen LogP contribution in [-0.4, -0.2) is 19.8 Å². The molecule has 0 aliphatic heterocycles. The largest absolute Gasteiger partial charge is 0.478 e. The molecule has 1 aromatic carbocycles. The van der Waals surface area contributed by atoms with Crippen molar-refractivity contribution in [2.24, 2.45) is 0 Å². The SMILES string of the molecule is Cc1c(Br)cc(S(=O)O)cc1C(=O)O. The van der Waals surface area contributed by atoms with E-state index < -0.39 is 17.0 Å². The number of halogens is 1. The van der Waals surface area contributed by atoms with Crippen molar-refractivity contribution in [1.82, 2.24) is 0 Å². The Balaban J connectivity index is 3.43. The van der Waals surface area contributed by atoms with E-state index in [4.69, 9.17) is 9.66 Å². The minimum Gasteiger partial charge on any atom is -0.478 e. The number of carbonyl (C=O) groups is 1. The third-order valence-corrected chi connectivity index (χ3v) is 3.21. The Bertz CT molecular complexity index is 416. The predicted molar refractivity (Wildman–Crippen MR) is 54.9 cm³/mol. The Labute approximate surface area is 91.4 Å². The smallest absolute Gasteiger partial charge is 0.336 e. The lowest BCUT2D eigenvalue weighted by molar-refractivity contribution is 0.0695. The topological polar surface area (TPSA) is 74.6 Å². The van der Waals surface area contributed by atoms with Crippen molar-refractivity contribution in [3.63, 3.8) is 0 Å². The first-order valence-corrected chi connectivity index (χ1v) is 5.47. The number of rotatable bonds is 2. The van der Waals surface area contributed by atoms with Crippen LogP contribution in [0.2, 0.25) is 0 Å². The van der Waals surface area contributed by atoms with Gasteiger partial charge >= 0.3 is 5.97 Å². The summed E-state index contributed by atoms with van der Waals surface area (Å²) >= 11 is 0.957. The summed E-state index contributed by atoms with van der Waals surface area (Å²) in [6, 6.07) is 2.62. The van der Waals surface area contributed by atoms with Gasteiger partial charge in [0.1, 0.15) is 0 Å². The van der Waals surface area contributed by atoms with Crippen LogP contribution in [0.1, 0.15) is 15.9 Å². The molecule has 0 aliphatic rings. The van der Waals surface area contributed by atoms with Crippen molar-refractivity contribution in [3.8, 4) is 0 Å². The number of carboxylic acid groups (broad SMARTS) is 1. The van der Waals surface area contributed by atoms with Crippen LogP contribution in [0.25, 0.3) is 0 Å². The number of hydrogen-bond acceptors (Lipinski definition) is 2. The Hall–Kier alpha value is -0.720. The summed E-state index contributed by atoms with van der Waals surface area (Å²) in [6.45, 7) is 1.62. The van der Waals surface area contributed by atoms with Crippen molar-refractivity contribution in [3.05, 3.63) is 27.7 Å². The molecule has 1 aromatic rings. The molecule has 0 radical (unpaired) electrons. The maximum Gasteiger partial charge on any atom is 0.336 e. The van der Waals surface area contributed by atoms with E-state index >= 15 is 0 Å². The van der Waals surface area contributed by atoms with Gasteiger partial charge in [0.15, 0.2) is 11.1 Å². The van der Waals surface area contributed by atoms with E-state index in [0.29, 0.717) is 10.0 Å². The van der Waals surface area contributed by atoms with Crippen LogP contribution >= 0.6 is 15.9 Å². The van der Waals surface area contributed by atoms with E-state index in [2.05, 4.69) is 15.9 Å². The maximum atomic E-state index is 10.7. The van der Waals surface area contributed by atoms with Crippen molar-refractivity contribution in [1.29, 1.82) is 0 Å². The van der Waals surface area contributed by atoms with Crippen LogP contribution in [0.4, 0.5) is 0 Å². The third kappa shape index (κ3) is 2.20. The molecule has 1 unspecified atom stereocenters. The lowest BCUT2D eigenvalue weighted by atomic mass is 10.1. The second-order valence-corrected chi connectivity index (χ2v) is 4.46. The van der Waals surface area contributed by atoms with Crippen molar-refractivity contribution < 1.29 is 18.7 Å². The molecule has 0 spiro atoms. The lowest BCUT2D eigenvalue weighted by Gasteiger charge is -2.05. The minimum atomic E-state index is -2.17. The standard InChI is InChI=1S/C8H7BrO4S/c1-4-6(8(10)11)2-5(14(12)13)3-7(4)9/h2-3H,1H3,(H,10,11)(H,12,13). The van der Waals surface area contributed by atoms with Crippen molar-refractivity contribution in [2.45, 2.75) is 11.8 Å². The quantitative estimate of drug-likeness (QED) is 0.812. The molecule has 1 rings (SSSR count). The second kappa shape index (κ2) is 4.20. The first-order chi connectivity index (χ1) is 6.43. The molecule has 0 saturated heterocycles. The molecular formula is C8H7BrO4S. The molecule has 0 heterocycles. The highest BCUT2D eigenvalue weighted by molar-refractivity contribution is 9.10. The van der Waals surface area contributed by atoms with E-state index in [1.54, 1.807) is 6.92 Å². The molecule has 0 amide bonds. The summed E-state index contributed by atoms with van der Waals surface area (Å²) < 4.78 is 20.0. The minimum absolute atomic E-state index is 0.0248. The van der Waals surface area contributed by atoms with Crippen LogP contribution in [0.3, 0.4) is 0 Å². The summed E-state index contributed by atoms with van der Waals surface area (Å²) in [5.74, 6) is -1.12. The van der Waals surface area contributed by atoms with Gasteiger partial charge in [-0.15, -0.1) is 0 Å². The Morgan fingerprint density at radius 2 is 2.07 bits per heavy atom. The van der Waals surface area contributed by atoms with E-state index in [0.717, 1.165) is 0 Å². The summed E-state index contributed by atoms with van der Waals surface area (Å²) in [6.07, 6.45) is 0. The van der Waals surface area contributed by atoms with Gasteiger partial charge in [0.05, 0.1) is 10.5 Å². The van der Waals surface area contributed by atoms with Gasteiger partial charge in [-0.25, -0.2) is 9.00 Å². The van der Waals surface area contributed by atoms with Gasteiger partial charge in [-0.1, -0.05) is 15.9 Å². The number of hydrogen-bond donors (Lipinski definition) is 2. The fourth-order valence-electron chi connectivity index (χ4n) is 0.977. The van der Waals surface area contributed by atoms with Gasteiger partial charge in [0.2, 0.25) is 0 Å². The zero-order valence-electron chi connectivity index (χ0n) is 7.15. The molecule has 6 heteroatoms. The highest BCUT2D eigenvalue weighted by Crippen LogP contribution is 2.23. The molecule has 2 N–H and O–H groups in total. The van der Waals surface area contributed by atoms with E-state index in [9.17, 15) is 9.00 Å². The zero-order valence-corrected chi connectivity index (χ0v) is 9.55. The van der Waals surface area contributed by atoms with Crippen LogP contribution in [0.15, 0.2) is 21.5 Å². The first-order valence-electron chi connectivity index (χ1n) is 3.57. The molecule has 4 nitrogen and oxygen atoms in total. The fourth-order valence-corrected chi connectivity index (χ4v) is 2.03. The van der Waals surface area contributed by atoms with Crippen LogP contribution in [0, 0.1) is 6.92 Å². The normalized spacial score (nSPS) is 12.5. The third-order valence-electron chi connectivity index (χ3n) is 1.75. The highest BCUT2D eigenvalue weighted by Gasteiger charge is 2.13. The summed E-state index contributed by atoms with van der Waals surface area (Å²) in [7, 11) is 0. The van der Waals surface area contributed by atoms with Gasteiger partial charge in [-0.3, -0.25) is 0 Å². The zero-order chi connectivity index (χ0) is 10.9. The monoisotopic (exact) mass is 278 g/mol. The number of benzene rings is 1. The molecule has 0 saturated carbocycles. The summed E-state index contributed by atoms with van der Waals surface area (Å²) in [5, 5.41) is 8.79. The molecular weight excluding hydrogens is 272 g/mol. The van der Waals surface area contributed by atoms with Crippen LogP contribution < -0.4 is 0 Å². The van der Waals surface area contributed by atoms with E-state index in [1.807, 2.05) is 0 Å². The van der Waals surface area contributed by atoms with Gasteiger partial charge in [-0.05, 0) is 24.6 Å².